The molecule has 0 saturated heterocycles. The molecule has 6 heteroatoms. The summed E-state index contributed by atoms with van der Waals surface area (Å²) in [5.41, 5.74) is 1.35. The van der Waals surface area contributed by atoms with E-state index in [-0.39, 0.29) is 24.4 Å². The van der Waals surface area contributed by atoms with Crippen LogP contribution in [-0.4, -0.2) is 17.4 Å². The molecule has 26 heavy (non-hydrogen) atoms. The fraction of sp³-hybridized carbons (Fsp3) is 0.150. The van der Waals surface area contributed by atoms with E-state index in [1.54, 1.807) is 6.20 Å². The number of aromatic amines is 1. The van der Waals surface area contributed by atoms with Gasteiger partial charge in [-0.2, -0.15) is 13.2 Å². The van der Waals surface area contributed by atoms with Crippen molar-refractivity contribution in [3.05, 3.63) is 71.4 Å². The maximum Gasteiger partial charge on any atom is 0.416 e. The Balaban J connectivity index is 1.57. The lowest BCUT2D eigenvalue weighted by Crippen LogP contribution is -2.25. The van der Waals surface area contributed by atoms with Crippen LogP contribution < -0.4 is 5.32 Å². The van der Waals surface area contributed by atoms with E-state index < -0.39 is 11.7 Å². The summed E-state index contributed by atoms with van der Waals surface area (Å²) in [6, 6.07) is 12.5. The Labute approximate surface area is 148 Å². The molecule has 3 rings (SSSR count). The fourth-order valence-electron chi connectivity index (χ4n) is 2.58. The minimum atomic E-state index is -4.40. The van der Waals surface area contributed by atoms with Gasteiger partial charge in [0, 0.05) is 22.7 Å². The van der Waals surface area contributed by atoms with Crippen molar-refractivity contribution in [1.29, 1.82) is 0 Å². The number of carbonyl (C=O) groups is 1. The van der Waals surface area contributed by atoms with Gasteiger partial charge in [-0.1, -0.05) is 36.1 Å². The highest BCUT2D eigenvalue weighted by molar-refractivity contribution is 5.88. The zero-order valence-corrected chi connectivity index (χ0v) is 13.7. The first-order valence-electron chi connectivity index (χ1n) is 7.91. The normalized spacial score (nSPS) is 11.0. The van der Waals surface area contributed by atoms with Gasteiger partial charge in [-0.25, -0.2) is 0 Å². The van der Waals surface area contributed by atoms with Crippen LogP contribution in [0, 0.1) is 11.8 Å². The summed E-state index contributed by atoms with van der Waals surface area (Å²) in [5.74, 6) is 5.10. The third-order valence-electron chi connectivity index (χ3n) is 3.82. The lowest BCUT2D eigenvalue weighted by atomic mass is 10.1. The second kappa shape index (κ2) is 7.36. The smallest absolute Gasteiger partial charge is 0.361 e. The molecular weight excluding hydrogens is 341 g/mol. The van der Waals surface area contributed by atoms with Crippen LogP contribution in [0.25, 0.3) is 10.9 Å². The number of aromatic nitrogens is 1. The molecule has 0 unspecified atom stereocenters. The molecule has 3 nitrogen and oxygen atoms in total. The van der Waals surface area contributed by atoms with Crippen LogP contribution in [0.15, 0.2) is 54.7 Å². The van der Waals surface area contributed by atoms with Gasteiger partial charge < -0.3 is 10.3 Å². The number of hydrogen-bond acceptors (Lipinski definition) is 1. The Morgan fingerprint density at radius 1 is 1.12 bits per heavy atom. The summed E-state index contributed by atoms with van der Waals surface area (Å²) in [5, 5.41) is 3.64. The highest BCUT2D eigenvalue weighted by atomic mass is 19.4. The standard InChI is InChI=1S/C20H15F3N2O/c21-20(22,23)16-7-3-5-14(11-16)6-4-10-24-19(26)12-15-13-25-18-9-2-1-8-17(15)18/h1-3,5,7-9,11,13,25H,10,12H2,(H,24,26). The zero-order valence-electron chi connectivity index (χ0n) is 13.7. The molecule has 3 aromatic rings. The lowest BCUT2D eigenvalue weighted by Gasteiger charge is -2.05. The van der Waals surface area contributed by atoms with Crippen molar-refractivity contribution < 1.29 is 18.0 Å². The van der Waals surface area contributed by atoms with E-state index >= 15 is 0 Å². The topological polar surface area (TPSA) is 44.9 Å². The molecule has 0 saturated carbocycles. The molecular formula is C20H15F3N2O. The average Bonchev–Trinajstić information content (AvgIpc) is 3.01. The van der Waals surface area contributed by atoms with Gasteiger partial charge in [0.1, 0.15) is 0 Å². The number of rotatable bonds is 3. The number of benzene rings is 2. The van der Waals surface area contributed by atoms with Crippen LogP contribution in [0.4, 0.5) is 13.2 Å². The van der Waals surface area contributed by atoms with E-state index in [2.05, 4.69) is 22.1 Å². The van der Waals surface area contributed by atoms with Gasteiger partial charge in [0.05, 0.1) is 18.5 Å². The molecule has 0 aliphatic carbocycles. The fourth-order valence-corrected chi connectivity index (χ4v) is 2.58. The van der Waals surface area contributed by atoms with Crippen molar-refractivity contribution in [2.45, 2.75) is 12.6 Å². The molecule has 2 aromatic carbocycles. The summed E-state index contributed by atoms with van der Waals surface area (Å²) in [6.45, 7) is 0.0669. The Kier molecular flexibility index (Phi) is 4.99. The van der Waals surface area contributed by atoms with Crippen molar-refractivity contribution in [3.8, 4) is 11.8 Å². The van der Waals surface area contributed by atoms with Gasteiger partial charge in [-0.05, 0) is 29.8 Å². The summed E-state index contributed by atoms with van der Waals surface area (Å²) < 4.78 is 37.9. The third kappa shape index (κ3) is 4.25. The van der Waals surface area contributed by atoms with Gasteiger partial charge in [-0.3, -0.25) is 4.79 Å². The van der Waals surface area contributed by atoms with Crippen LogP contribution in [0.2, 0.25) is 0 Å². The quantitative estimate of drug-likeness (QED) is 0.687. The molecule has 1 amide bonds. The second-order valence-corrected chi connectivity index (χ2v) is 5.69. The third-order valence-corrected chi connectivity index (χ3v) is 3.82. The maximum atomic E-state index is 12.6. The number of para-hydroxylation sites is 1. The molecule has 1 heterocycles. The van der Waals surface area contributed by atoms with Crippen molar-refractivity contribution in [2.75, 3.05) is 6.54 Å². The number of hydrogen-bond donors (Lipinski definition) is 2. The first-order valence-corrected chi connectivity index (χ1v) is 7.91. The molecule has 0 aliphatic heterocycles. The van der Waals surface area contributed by atoms with E-state index in [4.69, 9.17) is 0 Å². The van der Waals surface area contributed by atoms with Crippen LogP contribution >= 0.6 is 0 Å². The monoisotopic (exact) mass is 356 g/mol. The summed E-state index contributed by atoms with van der Waals surface area (Å²) >= 11 is 0. The van der Waals surface area contributed by atoms with E-state index in [1.165, 1.54) is 12.1 Å². The molecule has 0 atom stereocenters. The molecule has 132 valence electrons. The Hall–Kier alpha value is -3.20. The number of amides is 1. The van der Waals surface area contributed by atoms with Gasteiger partial charge in [0.15, 0.2) is 0 Å². The highest BCUT2D eigenvalue weighted by Crippen LogP contribution is 2.29. The molecule has 0 spiro atoms. The summed E-state index contributed by atoms with van der Waals surface area (Å²) in [6.07, 6.45) is -2.40. The SMILES string of the molecule is O=C(Cc1c[nH]c2ccccc12)NCC#Cc1cccc(C(F)(F)F)c1. The van der Waals surface area contributed by atoms with Gasteiger partial charge >= 0.3 is 6.18 Å². The van der Waals surface area contributed by atoms with Crippen LogP contribution in [0.3, 0.4) is 0 Å². The highest BCUT2D eigenvalue weighted by Gasteiger charge is 2.30. The summed E-state index contributed by atoms with van der Waals surface area (Å²) in [4.78, 5) is 15.1. The molecule has 0 radical (unpaired) electrons. The maximum absolute atomic E-state index is 12.6. The van der Waals surface area contributed by atoms with Gasteiger partial charge in [0.25, 0.3) is 0 Å². The van der Waals surface area contributed by atoms with Crippen LogP contribution in [-0.2, 0) is 17.4 Å². The molecule has 1 aromatic heterocycles. The lowest BCUT2D eigenvalue weighted by molar-refractivity contribution is -0.137. The molecule has 2 N–H and O–H groups in total. The van der Waals surface area contributed by atoms with Gasteiger partial charge in [-0.15, -0.1) is 0 Å². The van der Waals surface area contributed by atoms with Crippen molar-refractivity contribution in [2.24, 2.45) is 0 Å². The van der Waals surface area contributed by atoms with Crippen molar-refractivity contribution in [3.63, 3.8) is 0 Å². The number of carbonyl (C=O) groups excluding carboxylic acids is 1. The minimum absolute atomic E-state index is 0.0669. The second-order valence-electron chi connectivity index (χ2n) is 5.69. The van der Waals surface area contributed by atoms with E-state index in [1.807, 2.05) is 24.3 Å². The van der Waals surface area contributed by atoms with Crippen LogP contribution in [0.1, 0.15) is 16.7 Å². The van der Waals surface area contributed by atoms with E-state index in [0.29, 0.717) is 0 Å². The minimum Gasteiger partial charge on any atom is -0.361 e. The molecule has 0 fully saturated rings. The average molecular weight is 356 g/mol. The number of nitrogens with one attached hydrogen (secondary N) is 2. The molecule has 0 aliphatic rings. The predicted octanol–water partition coefficient (Wildman–Crippen LogP) is 3.90. The van der Waals surface area contributed by atoms with E-state index in [0.717, 1.165) is 28.6 Å². The number of halogens is 3. The van der Waals surface area contributed by atoms with Crippen molar-refractivity contribution in [1.82, 2.24) is 10.3 Å². The Morgan fingerprint density at radius 2 is 1.92 bits per heavy atom. The van der Waals surface area contributed by atoms with Gasteiger partial charge in [0.2, 0.25) is 5.91 Å². The first-order chi connectivity index (χ1) is 12.4. The largest absolute Gasteiger partial charge is 0.416 e. The zero-order chi connectivity index (χ0) is 18.6. The van der Waals surface area contributed by atoms with Crippen molar-refractivity contribution >= 4 is 16.8 Å². The van der Waals surface area contributed by atoms with Crippen LogP contribution in [0.5, 0.6) is 0 Å². The summed E-state index contributed by atoms with van der Waals surface area (Å²) in [7, 11) is 0. The first kappa shape index (κ1) is 17.6. The number of alkyl halides is 3. The molecule has 0 bridgehead atoms. The Bertz CT molecular complexity index is 993. The van der Waals surface area contributed by atoms with E-state index in [9.17, 15) is 18.0 Å². The number of H-pyrrole nitrogens is 1. The number of fused-ring (bicyclic) bond motifs is 1. The predicted molar refractivity (Wildman–Crippen MR) is 93.3 cm³/mol. The Morgan fingerprint density at radius 3 is 2.73 bits per heavy atom.